The van der Waals surface area contributed by atoms with E-state index in [4.69, 9.17) is 10.2 Å². The lowest BCUT2D eigenvalue weighted by Crippen LogP contribution is -2.56. The number of benzene rings is 2. The summed E-state index contributed by atoms with van der Waals surface area (Å²) in [6.07, 6.45) is 1.68. The van der Waals surface area contributed by atoms with Crippen LogP contribution in [-0.4, -0.2) is 30.0 Å². The molecule has 2 N–H and O–H groups in total. The summed E-state index contributed by atoms with van der Waals surface area (Å²) in [5, 5.41) is 1.25. The number of nitrogens with zero attached hydrogens (tertiary/aromatic N) is 1. The van der Waals surface area contributed by atoms with Crippen LogP contribution >= 0.6 is 0 Å². The number of hydrogen-bond acceptors (Lipinski definition) is 2. The molecule has 0 saturated carbocycles. The first kappa shape index (κ1) is 17.8. The molecule has 140 valence electrons. The summed E-state index contributed by atoms with van der Waals surface area (Å²) in [4.78, 5) is 12.0. The van der Waals surface area contributed by atoms with E-state index in [-0.39, 0.29) is 11.9 Å². The minimum atomic E-state index is -0.246. The number of quaternary nitrogens is 1. The number of amides is 1. The third-order valence-corrected chi connectivity index (χ3v) is 6.33. The summed E-state index contributed by atoms with van der Waals surface area (Å²) in [5.41, 5.74) is 11.8. The number of carbonyl (C=O) groups excluding carboxylic acids is 1. The Labute approximate surface area is 160 Å². The van der Waals surface area contributed by atoms with Crippen LogP contribution in [0.2, 0.25) is 0 Å². The van der Waals surface area contributed by atoms with Crippen molar-refractivity contribution in [3.8, 4) is 0 Å². The maximum Gasteiger partial charge on any atom is 0.275 e. The van der Waals surface area contributed by atoms with Crippen molar-refractivity contribution in [2.45, 2.75) is 39.3 Å². The van der Waals surface area contributed by atoms with Gasteiger partial charge in [-0.2, -0.15) is 0 Å². The molecule has 0 saturated heterocycles. The third kappa shape index (κ3) is 3.04. The molecule has 2 unspecified atom stereocenters. The fraction of sp³-hybridized carbons (Fsp3) is 0.348. The maximum absolute atomic E-state index is 12.0. The van der Waals surface area contributed by atoms with Gasteiger partial charge in [-0.1, -0.05) is 36.4 Å². The lowest BCUT2D eigenvalue weighted by Gasteiger charge is -2.37. The van der Waals surface area contributed by atoms with Crippen LogP contribution in [0, 0.1) is 6.92 Å². The van der Waals surface area contributed by atoms with Crippen LogP contribution in [0.4, 0.5) is 0 Å². The largest absolute Gasteiger partial charge is 0.460 e. The first-order chi connectivity index (χ1) is 12.9. The van der Waals surface area contributed by atoms with Crippen LogP contribution in [0.5, 0.6) is 0 Å². The van der Waals surface area contributed by atoms with E-state index in [0.29, 0.717) is 4.48 Å². The summed E-state index contributed by atoms with van der Waals surface area (Å²) in [6, 6.07) is 14.4. The third-order valence-electron chi connectivity index (χ3n) is 6.33. The predicted molar refractivity (Wildman–Crippen MR) is 107 cm³/mol. The minimum Gasteiger partial charge on any atom is -0.460 e. The Balaban J connectivity index is 1.87. The Morgan fingerprint density at radius 3 is 2.63 bits per heavy atom. The molecule has 0 spiro atoms. The highest BCUT2D eigenvalue weighted by atomic mass is 16.3. The molecule has 2 aromatic carbocycles. The minimum absolute atomic E-state index is 0.242. The molecule has 4 nitrogen and oxygen atoms in total. The molecule has 2 atom stereocenters. The second kappa shape index (κ2) is 6.54. The van der Waals surface area contributed by atoms with Crippen molar-refractivity contribution in [3.05, 3.63) is 70.5 Å². The van der Waals surface area contributed by atoms with Gasteiger partial charge in [0.15, 0.2) is 6.04 Å². The van der Waals surface area contributed by atoms with Gasteiger partial charge in [-0.3, -0.25) is 4.79 Å². The molecule has 0 bridgehead atoms. The number of furan rings is 1. The number of primary amides is 1. The summed E-state index contributed by atoms with van der Waals surface area (Å²) in [5.74, 6) is 0.760. The first-order valence-corrected chi connectivity index (χ1v) is 9.59. The summed E-state index contributed by atoms with van der Waals surface area (Å²) in [7, 11) is 2.14. The quantitative estimate of drug-likeness (QED) is 0.719. The number of rotatable bonds is 4. The van der Waals surface area contributed by atoms with E-state index in [0.717, 1.165) is 37.3 Å². The summed E-state index contributed by atoms with van der Waals surface area (Å²) < 4.78 is 6.94. The van der Waals surface area contributed by atoms with E-state index < -0.39 is 0 Å². The lowest BCUT2D eigenvalue weighted by molar-refractivity contribution is -0.935. The molecule has 1 aliphatic heterocycles. The van der Waals surface area contributed by atoms with Gasteiger partial charge >= 0.3 is 0 Å². The lowest BCUT2D eigenvalue weighted by atomic mass is 9.98. The van der Waals surface area contributed by atoms with Gasteiger partial charge in [0.25, 0.3) is 5.91 Å². The highest BCUT2D eigenvalue weighted by Gasteiger charge is 2.38. The van der Waals surface area contributed by atoms with Crippen molar-refractivity contribution in [1.82, 2.24) is 0 Å². The van der Waals surface area contributed by atoms with E-state index in [1.54, 1.807) is 0 Å². The smallest absolute Gasteiger partial charge is 0.275 e. The van der Waals surface area contributed by atoms with Gasteiger partial charge in [0.1, 0.15) is 17.9 Å². The molecule has 3 aromatic rings. The first-order valence-electron chi connectivity index (χ1n) is 9.59. The van der Waals surface area contributed by atoms with E-state index >= 15 is 0 Å². The molecule has 0 fully saturated rings. The number of likely N-dealkylation sites (N-methyl/N-ethyl adjacent to an activating group) is 1. The van der Waals surface area contributed by atoms with Crippen LogP contribution < -0.4 is 5.73 Å². The molecule has 27 heavy (non-hydrogen) atoms. The normalized spacial score (nSPS) is 20.4. The van der Waals surface area contributed by atoms with Gasteiger partial charge in [0.2, 0.25) is 0 Å². The zero-order valence-electron chi connectivity index (χ0n) is 16.3. The number of nitrogens with two attached hydrogens (primary N) is 1. The van der Waals surface area contributed by atoms with Crippen LogP contribution in [-0.2, 0) is 24.2 Å². The average molecular weight is 363 g/mol. The second-order valence-corrected chi connectivity index (χ2v) is 8.09. The Morgan fingerprint density at radius 1 is 1.19 bits per heavy atom. The topological polar surface area (TPSA) is 56.2 Å². The molecule has 0 aliphatic carbocycles. The zero-order valence-corrected chi connectivity index (χ0v) is 16.3. The molecule has 1 aliphatic rings. The van der Waals surface area contributed by atoms with Crippen molar-refractivity contribution in [2.24, 2.45) is 5.73 Å². The van der Waals surface area contributed by atoms with Crippen LogP contribution in [0.15, 0.2) is 46.9 Å². The molecule has 2 heterocycles. The molecule has 0 radical (unpaired) electrons. The van der Waals surface area contributed by atoms with E-state index in [1.807, 2.05) is 13.0 Å². The zero-order chi connectivity index (χ0) is 19.2. The average Bonchev–Trinajstić information content (AvgIpc) is 2.88. The van der Waals surface area contributed by atoms with Gasteiger partial charge in [0, 0.05) is 18.2 Å². The monoisotopic (exact) mass is 363 g/mol. The van der Waals surface area contributed by atoms with Crippen molar-refractivity contribution in [2.75, 3.05) is 13.6 Å². The summed E-state index contributed by atoms with van der Waals surface area (Å²) >= 11 is 0. The predicted octanol–water partition coefficient (Wildman–Crippen LogP) is 3.71. The Hall–Kier alpha value is -2.59. The molecule has 4 heteroatoms. The molecule has 4 rings (SSSR count). The Kier molecular flexibility index (Phi) is 4.31. The van der Waals surface area contributed by atoms with Crippen molar-refractivity contribution >= 4 is 16.9 Å². The Morgan fingerprint density at radius 2 is 1.93 bits per heavy atom. The van der Waals surface area contributed by atoms with Crippen molar-refractivity contribution < 1.29 is 13.7 Å². The van der Waals surface area contributed by atoms with Gasteiger partial charge in [-0.05, 0) is 36.6 Å². The van der Waals surface area contributed by atoms with Crippen molar-refractivity contribution in [3.63, 3.8) is 0 Å². The molecule has 1 amide bonds. The second-order valence-electron chi connectivity index (χ2n) is 8.09. The van der Waals surface area contributed by atoms with Gasteiger partial charge in [0.05, 0.1) is 19.2 Å². The fourth-order valence-electron chi connectivity index (χ4n) is 4.34. The van der Waals surface area contributed by atoms with Crippen LogP contribution in [0.3, 0.4) is 0 Å². The fourth-order valence-corrected chi connectivity index (χ4v) is 4.34. The summed E-state index contributed by atoms with van der Waals surface area (Å²) in [6.45, 7) is 5.76. The number of aryl methyl sites for hydroxylation is 1. The molecule has 1 aromatic heterocycles. The van der Waals surface area contributed by atoms with E-state index in [1.165, 1.54) is 27.6 Å². The molecular formula is C23H27N2O2+. The molecular weight excluding hydrogens is 336 g/mol. The van der Waals surface area contributed by atoms with Gasteiger partial charge in [-0.25, -0.2) is 0 Å². The Bertz CT molecular complexity index is 1010. The highest BCUT2D eigenvalue weighted by Crippen LogP contribution is 2.37. The van der Waals surface area contributed by atoms with E-state index in [9.17, 15) is 4.79 Å². The van der Waals surface area contributed by atoms with Crippen molar-refractivity contribution in [1.29, 1.82) is 0 Å². The van der Waals surface area contributed by atoms with Crippen LogP contribution in [0.25, 0.3) is 11.0 Å². The maximum atomic E-state index is 12.0. The highest BCUT2D eigenvalue weighted by molar-refractivity contribution is 5.87. The SMILES string of the molecule is Cc1ccc2oc(Cc3ccccc3)c3c2c1CC[N+](C)(C(C)C(N)=O)C3. The van der Waals surface area contributed by atoms with Crippen LogP contribution in [0.1, 0.15) is 34.9 Å². The van der Waals surface area contributed by atoms with Gasteiger partial charge in [-0.15, -0.1) is 0 Å². The van der Waals surface area contributed by atoms with E-state index in [2.05, 4.69) is 50.4 Å². The number of hydrogen-bond donors (Lipinski definition) is 1. The van der Waals surface area contributed by atoms with Gasteiger partial charge < -0.3 is 14.6 Å². The number of carbonyl (C=O) groups is 1. The standard InChI is InChI=1S/C23H26N2O2/c1-15-9-10-20-22-18(15)11-12-25(3,16(2)23(24)26)14-19(22)21(27-20)13-17-7-5-4-6-8-17/h4-10,16H,11-14H2,1-3H3,(H-,24,26)/p+1.